The van der Waals surface area contributed by atoms with Crippen LogP contribution in [-0.2, 0) is 0 Å². The largest absolute Gasteiger partial charge is 0.354 e. The quantitative estimate of drug-likeness (QED) is 0.933. The molecule has 94 valence electrons. The summed E-state index contributed by atoms with van der Waals surface area (Å²) in [5.41, 5.74) is 6.75. The van der Waals surface area contributed by atoms with Gasteiger partial charge in [0.15, 0.2) is 0 Å². The number of anilines is 1. The highest BCUT2D eigenvalue weighted by Crippen LogP contribution is 2.26. The van der Waals surface area contributed by atoms with Gasteiger partial charge in [-0.2, -0.15) is 0 Å². The van der Waals surface area contributed by atoms with Crippen molar-refractivity contribution in [3.05, 3.63) is 22.3 Å². The number of pyridine rings is 1. The second kappa shape index (κ2) is 5.83. The summed E-state index contributed by atoms with van der Waals surface area (Å²) in [6, 6.07) is 4.76. The highest BCUT2D eigenvalue weighted by atomic mass is 79.9. The molecule has 0 spiro atoms. The second-order valence-electron chi connectivity index (χ2n) is 4.66. The van der Waals surface area contributed by atoms with Crippen LogP contribution < -0.4 is 10.6 Å². The molecule has 1 aliphatic heterocycles. The average molecular weight is 298 g/mol. The topological polar surface area (TPSA) is 42.2 Å². The summed E-state index contributed by atoms with van der Waals surface area (Å²) >= 11 is 3.50. The Kier molecular flexibility index (Phi) is 4.40. The van der Waals surface area contributed by atoms with Crippen LogP contribution in [0.1, 0.15) is 31.4 Å². The molecule has 2 heterocycles. The van der Waals surface area contributed by atoms with Crippen molar-refractivity contribution in [1.82, 2.24) is 4.98 Å². The maximum absolute atomic E-state index is 5.70. The number of rotatable bonds is 3. The summed E-state index contributed by atoms with van der Waals surface area (Å²) in [4.78, 5) is 7.09. The van der Waals surface area contributed by atoms with Crippen LogP contribution in [0.25, 0.3) is 0 Å². The lowest BCUT2D eigenvalue weighted by atomic mass is 9.99. The zero-order valence-electron chi connectivity index (χ0n) is 10.3. The monoisotopic (exact) mass is 297 g/mol. The molecule has 0 aromatic carbocycles. The summed E-state index contributed by atoms with van der Waals surface area (Å²) < 4.78 is 1.08. The van der Waals surface area contributed by atoms with E-state index in [0.29, 0.717) is 6.04 Å². The number of halogens is 1. The van der Waals surface area contributed by atoms with E-state index in [-0.39, 0.29) is 0 Å². The van der Waals surface area contributed by atoms with Crippen LogP contribution in [0.5, 0.6) is 0 Å². The fourth-order valence-corrected chi connectivity index (χ4v) is 2.71. The Morgan fingerprint density at radius 3 is 3.00 bits per heavy atom. The zero-order valence-corrected chi connectivity index (χ0v) is 11.9. The van der Waals surface area contributed by atoms with Crippen LogP contribution in [0.3, 0.4) is 0 Å². The van der Waals surface area contributed by atoms with Gasteiger partial charge in [-0.25, -0.2) is 4.98 Å². The van der Waals surface area contributed by atoms with Crippen LogP contribution in [0.4, 0.5) is 5.82 Å². The first-order valence-corrected chi connectivity index (χ1v) is 7.11. The number of aryl methyl sites for hydroxylation is 1. The summed E-state index contributed by atoms with van der Waals surface area (Å²) in [7, 11) is 0. The number of hydrogen-bond donors (Lipinski definition) is 1. The summed E-state index contributed by atoms with van der Waals surface area (Å²) in [6.45, 7) is 3.91. The third-order valence-corrected chi connectivity index (χ3v) is 4.27. The molecule has 1 aromatic rings. The minimum absolute atomic E-state index is 0.571. The van der Waals surface area contributed by atoms with E-state index in [1.807, 2.05) is 6.92 Å². The number of nitrogens with two attached hydrogens (primary N) is 1. The minimum Gasteiger partial charge on any atom is -0.354 e. The molecule has 1 atom stereocenters. The maximum atomic E-state index is 5.70. The molecule has 1 saturated heterocycles. The second-order valence-corrected chi connectivity index (χ2v) is 5.51. The van der Waals surface area contributed by atoms with Crippen molar-refractivity contribution in [2.24, 2.45) is 5.73 Å². The van der Waals surface area contributed by atoms with Crippen molar-refractivity contribution < 1.29 is 0 Å². The van der Waals surface area contributed by atoms with Crippen LogP contribution in [-0.4, -0.2) is 24.1 Å². The Morgan fingerprint density at radius 1 is 1.47 bits per heavy atom. The number of nitrogens with zero attached hydrogens (tertiary/aromatic N) is 2. The predicted octanol–water partition coefficient (Wildman–Crippen LogP) is 2.86. The standard InChI is InChI=1S/C13H20BrN3/c1-10-12(14)5-6-13(16-10)17-9-3-2-4-11(17)7-8-15/h5-6,11H,2-4,7-9,15H2,1H3. The number of hydrogen-bond acceptors (Lipinski definition) is 3. The third-order valence-electron chi connectivity index (χ3n) is 3.43. The molecular weight excluding hydrogens is 278 g/mol. The zero-order chi connectivity index (χ0) is 12.3. The fraction of sp³-hybridized carbons (Fsp3) is 0.615. The molecule has 1 unspecified atom stereocenters. The lowest BCUT2D eigenvalue weighted by molar-refractivity contribution is 0.438. The molecule has 0 aliphatic carbocycles. The lowest BCUT2D eigenvalue weighted by Crippen LogP contribution is -2.41. The van der Waals surface area contributed by atoms with E-state index in [1.54, 1.807) is 0 Å². The highest BCUT2D eigenvalue weighted by Gasteiger charge is 2.22. The first-order chi connectivity index (χ1) is 8.22. The van der Waals surface area contributed by atoms with Crippen LogP contribution in [0.15, 0.2) is 16.6 Å². The van der Waals surface area contributed by atoms with Gasteiger partial charge in [0.05, 0.1) is 5.69 Å². The van der Waals surface area contributed by atoms with Gasteiger partial charge in [-0.3, -0.25) is 0 Å². The Hall–Kier alpha value is -0.610. The normalized spacial score (nSPS) is 20.6. The van der Waals surface area contributed by atoms with Crippen molar-refractivity contribution >= 4 is 21.7 Å². The van der Waals surface area contributed by atoms with Crippen LogP contribution in [0.2, 0.25) is 0 Å². The molecule has 1 aromatic heterocycles. The first kappa shape index (κ1) is 12.8. The molecule has 1 aliphatic rings. The van der Waals surface area contributed by atoms with Crippen LogP contribution >= 0.6 is 15.9 Å². The van der Waals surface area contributed by atoms with Gasteiger partial charge in [-0.15, -0.1) is 0 Å². The molecule has 0 saturated carbocycles. The molecule has 0 radical (unpaired) electrons. The molecule has 17 heavy (non-hydrogen) atoms. The highest BCUT2D eigenvalue weighted by molar-refractivity contribution is 9.10. The van der Waals surface area contributed by atoms with E-state index >= 15 is 0 Å². The van der Waals surface area contributed by atoms with Gasteiger partial charge in [0, 0.05) is 17.1 Å². The van der Waals surface area contributed by atoms with Crippen molar-refractivity contribution in [2.75, 3.05) is 18.0 Å². The third kappa shape index (κ3) is 2.99. The lowest BCUT2D eigenvalue weighted by Gasteiger charge is -2.36. The number of aromatic nitrogens is 1. The Labute approximate surface area is 112 Å². The van der Waals surface area contributed by atoms with E-state index in [4.69, 9.17) is 5.73 Å². The SMILES string of the molecule is Cc1nc(N2CCCCC2CCN)ccc1Br. The number of piperidine rings is 1. The van der Waals surface area contributed by atoms with Gasteiger partial charge < -0.3 is 10.6 Å². The Balaban J connectivity index is 2.20. The predicted molar refractivity (Wildman–Crippen MR) is 75.3 cm³/mol. The van der Waals surface area contributed by atoms with E-state index in [0.717, 1.165) is 35.5 Å². The Morgan fingerprint density at radius 2 is 2.29 bits per heavy atom. The minimum atomic E-state index is 0.571. The summed E-state index contributed by atoms with van der Waals surface area (Å²) in [5, 5.41) is 0. The van der Waals surface area contributed by atoms with Gasteiger partial charge in [0.25, 0.3) is 0 Å². The smallest absolute Gasteiger partial charge is 0.129 e. The van der Waals surface area contributed by atoms with Gasteiger partial charge >= 0.3 is 0 Å². The van der Waals surface area contributed by atoms with E-state index in [9.17, 15) is 0 Å². The van der Waals surface area contributed by atoms with Gasteiger partial charge in [0.1, 0.15) is 5.82 Å². The molecule has 2 rings (SSSR count). The molecule has 4 heteroatoms. The van der Waals surface area contributed by atoms with Crippen molar-refractivity contribution in [3.63, 3.8) is 0 Å². The van der Waals surface area contributed by atoms with E-state index in [1.165, 1.54) is 19.3 Å². The first-order valence-electron chi connectivity index (χ1n) is 6.32. The Bertz CT molecular complexity index is 379. The fourth-order valence-electron chi connectivity index (χ4n) is 2.49. The molecule has 0 bridgehead atoms. The van der Waals surface area contributed by atoms with E-state index in [2.05, 4.69) is 37.9 Å². The summed E-state index contributed by atoms with van der Waals surface area (Å²) in [5.74, 6) is 1.10. The maximum Gasteiger partial charge on any atom is 0.129 e. The van der Waals surface area contributed by atoms with Crippen molar-refractivity contribution in [2.45, 2.75) is 38.6 Å². The van der Waals surface area contributed by atoms with Gasteiger partial charge in [-0.05, 0) is 67.2 Å². The summed E-state index contributed by atoms with van der Waals surface area (Å²) in [6.07, 6.45) is 4.89. The van der Waals surface area contributed by atoms with Gasteiger partial charge in [0.2, 0.25) is 0 Å². The molecule has 1 fully saturated rings. The van der Waals surface area contributed by atoms with Crippen molar-refractivity contribution in [1.29, 1.82) is 0 Å². The molecule has 2 N–H and O–H groups in total. The molecule has 3 nitrogen and oxygen atoms in total. The molecular formula is C13H20BrN3. The van der Waals surface area contributed by atoms with Crippen LogP contribution in [0, 0.1) is 6.92 Å². The van der Waals surface area contributed by atoms with Gasteiger partial charge in [-0.1, -0.05) is 0 Å². The van der Waals surface area contributed by atoms with E-state index < -0.39 is 0 Å². The molecule has 0 amide bonds. The average Bonchev–Trinajstić information content (AvgIpc) is 2.34. The van der Waals surface area contributed by atoms with Crippen molar-refractivity contribution in [3.8, 4) is 0 Å².